The molecule has 3 aliphatic rings. The minimum Gasteiger partial charge on any atom is -0.381 e. The molecule has 3 fully saturated rings. The smallest absolute Gasteiger partial charge is 0.320 e. The Morgan fingerprint density at radius 1 is 1.17 bits per heavy atom. The fourth-order valence-corrected chi connectivity index (χ4v) is 3.99. The van der Waals surface area contributed by atoms with E-state index in [-0.39, 0.29) is 6.03 Å². The fourth-order valence-electron chi connectivity index (χ4n) is 3.99. The van der Waals surface area contributed by atoms with Crippen molar-refractivity contribution >= 4 is 6.03 Å². The molecule has 0 bridgehead atoms. The first-order valence-corrected chi connectivity index (χ1v) is 8.56. The van der Waals surface area contributed by atoms with E-state index in [1.54, 1.807) is 0 Å². The van der Waals surface area contributed by atoms with Gasteiger partial charge in [-0.2, -0.15) is 0 Å². The molecule has 3 saturated heterocycles. The number of imidazole rings is 1. The Balaban J connectivity index is 1.40. The van der Waals surface area contributed by atoms with E-state index < -0.39 is 0 Å². The maximum absolute atomic E-state index is 12.7. The van der Waals surface area contributed by atoms with E-state index in [2.05, 4.69) is 24.3 Å². The van der Waals surface area contributed by atoms with Crippen LogP contribution in [0.2, 0.25) is 0 Å². The Morgan fingerprint density at radius 2 is 2.00 bits per heavy atom. The predicted octanol–water partition coefficient (Wildman–Crippen LogP) is 0.521. The quantitative estimate of drug-likeness (QED) is 0.815. The van der Waals surface area contributed by atoms with E-state index in [4.69, 9.17) is 4.74 Å². The number of amides is 2. The molecule has 4 heterocycles. The molecule has 0 N–H and O–H groups in total. The normalized spacial score (nSPS) is 26.8. The van der Waals surface area contributed by atoms with E-state index in [0.717, 1.165) is 64.6 Å². The third-order valence-corrected chi connectivity index (χ3v) is 5.38. The third-order valence-electron chi connectivity index (χ3n) is 5.38. The van der Waals surface area contributed by atoms with Gasteiger partial charge in [-0.1, -0.05) is 0 Å². The number of rotatable bonds is 3. The van der Waals surface area contributed by atoms with Gasteiger partial charge in [-0.3, -0.25) is 4.90 Å². The van der Waals surface area contributed by atoms with E-state index in [0.29, 0.717) is 12.1 Å². The molecule has 126 valence electrons. The van der Waals surface area contributed by atoms with Gasteiger partial charge in [-0.25, -0.2) is 9.78 Å². The number of piperazine rings is 1. The fraction of sp³-hybridized carbons (Fsp3) is 0.750. The minimum absolute atomic E-state index is 0.235. The summed E-state index contributed by atoms with van der Waals surface area (Å²) in [5.74, 6) is 1.09. The lowest BCUT2D eigenvalue weighted by Crippen LogP contribution is -2.51. The summed E-state index contributed by atoms with van der Waals surface area (Å²) in [5, 5.41) is 0. The molecule has 3 aliphatic heterocycles. The average molecular weight is 319 g/mol. The van der Waals surface area contributed by atoms with E-state index in [9.17, 15) is 4.79 Å². The van der Waals surface area contributed by atoms with Crippen molar-refractivity contribution in [2.45, 2.75) is 31.5 Å². The van der Waals surface area contributed by atoms with Crippen LogP contribution in [0.4, 0.5) is 4.79 Å². The number of hydrogen-bond donors (Lipinski definition) is 0. The van der Waals surface area contributed by atoms with Crippen LogP contribution in [0.1, 0.15) is 18.7 Å². The molecule has 7 nitrogen and oxygen atoms in total. The summed E-state index contributed by atoms with van der Waals surface area (Å²) in [4.78, 5) is 23.7. The highest BCUT2D eigenvalue weighted by atomic mass is 16.5. The molecular weight excluding hydrogens is 294 g/mol. The Bertz CT molecular complexity index is 569. The van der Waals surface area contributed by atoms with Gasteiger partial charge in [0.05, 0.1) is 12.6 Å². The molecule has 0 radical (unpaired) electrons. The number of ether oxygens (including phenoxy) is 1. The first-order chi connectivity index (χ1) is 11.2. The van der Waals surface area contributed by atoms with Crippen LogP contribution in [0.3, 0.4) is 0 Å². The van der Waals surface area contributed by atoms with E-state index in [1.807, 2.05) is 19.4 Å². The van der Waals surface area contributed by atoms with E-state index >= 15 is 0 Å². The molecular formula is C16H25N5O2. The van der Waals surface area contributed by atoms with Crippen molar-refractivity contribution < 1.29 is 9.53 Å². The highest BCUT2D eigenvalue weighted by Crippen LogP contribution is 2.26. The van der Waals surface area contributed by atoms with Crippen molar-refractivity contribution in [1.29, 1.82) is 0 Å². The summed E-state index contributed by atoms with van der Waals surface area (Å²) in [7, 11) is 2.03. The van der Waals surface area contributed by atoms with Crippen LogP contribution in [0, 0.1) is 0 Å². The van der Waals surface area contributed by atoms with Crippen LogP contribution in [-0.4, -0.2) is 81.8 Å². The molecule has 0 saturated carbocycles. The van der Waals surface area contributed by atoms with Crippen LogP contribution in [0.25, 0.3) is 0 Å². The van der Waals surface area contributed by atoms with Crippen molar-refractivity contribution in [3.05, 3.63) is 18.2 Å². The number of fused-ring (bicyclic) bond motifs is 1. The lowest BCUT2D eigenvalue weighted by Gasteiger charge is -2.36. The first kappa shape index (κ1) is 15.0. The second-order valence-electron chi connectivity index (χ2n) is 6.82. The first-order valence-electron chi connectivity index (χ1n) is 8.56. The van der Waals surface area contributed by atoms with Gasteiger partial charge in [0.2, 0.25) is 0 Å². The number of carbonyl (C=O) groups is 1. The second-order valence-corrected chi connectivity index (χ2v) is 6.82. The number of nitrogens with zero attached hydrogens (tertiary/aromatic N) is 5. The molecule has 23 heavy (non-hydrogen) atoms. The standard InChI is InChI=1S/C16H25N5O2/c1-18-5-4-17-15(18)12-19-6-7-20-14(10-19)11-21(16(20)22)13-2-8-23-9-3-13/h4-5,13-14H,2-3,6-12H2,1H3/t14-/m1/s1. The van der Waals surface area contributed by atoms with Gasteiger partial charge < -0.3 is 19.1 Å². The SMILES string of the molecule is Cn1ccnc1CN1CCN2C(=O)N(C3CCOCC3)C[C@H]2C1. The van der Waals surface area contributed by atoms with Crippen LogP contribution < -0.4 is 0 Å². The summed E-state index contributed by atoms with van der Waals surface area (Å²) >= 11 is 0. The topological polar surface area (TPSA) is 53.8 Å². The van der Waals surface area contributed by atoms with Crippen molar-refractivity contribution in [2.24, 2.45) is 7.05 Å². The highest BCUT2D eigenvalue weighted by Gasteiger charge is 2.43. The lowest BCUT2D eigenvalue weighted by molar-refractivity contribution is 0.0504. The summed E-state index contributed by atoms with van der Waals surface area (Å²) < 4.78 is 7.50. The number of hydrogen-bond acceptors (Lipinski definition) is 4. The van der Waals surface area contributed by atoms with Gasteiger partial charge >= 0.3 is 6.03 Å². The molecule has 1 aromatic heterocycles. The highest BCUT2D eigenvalue weighted by molar-refractivity contribution is 5.77. The molecule has 2 amide bonds. The largest absolute Gasteiger partial charge is 0.381 e. The lowest BCUT2D eigenvalue weighted by atomic mass is 10.1. The summed E-state index contributed by atoms with van der Waals surface area (Å²) in [5.41, 5.74) is 0. The van der Waals surface area contributed by atoms with Gasteiger partial charge in [0.25, 0.3) is 0 Å². The van der Waals surface area contributed by atoms with Gasteiger partial charge in [-0.15, -0.1) is 0 Å². The maximum Gasteiger partial charge on any atom is 0.320 e. The molecule has 7 heteroatoms. The van der Waals surface area contributed by atoms with Crippen molar-refractivity contribution in [3.8, 4) is 0 Å². The number of urea groups is 1. The zero-order valence-electron chi connectivity index (χ0n) is 13.7. The van der Waals surface area contributed by atoms with Gasteiger partial charge in [0.1, 0.15) is 5.82 Å². The second kappa shape index (κ2) is 6.13. The Labute approximate surface area is 136 Å². The molecule has 0 aromatic carbocycles. The third kappa shape index (κ3) is 2.83. The summed E-state index contributed by atoms with van der Waals surface area (Å²) in [6, 6.07) is 0.919. The molecule has 0 unspecified atom stereocenters. The molecule has 4 rings (SSSR count). The maximum atomic E-state index is 12.7. The van der Waals surface area contributed by atoms with Crippen LogP contribution in [0.5, 0.6) is 0 Å². The number of aromatic nitrogens is 2. The molecule has 1 aromatic rings. The molecule has 1 atom stereocenters. The van der Waals surface area contributed by atoms with Crippen LogP contribution >= 0.6 is 0 Å². The molecule has 0 aliphatic carbocycles. The number of carbonyl (C=O) groups excluding carboxylic acids is 1. The zero-order chi connectivity index (χ0) is 15.8. The Hall–Kier alpha value is -1.60. The van der Waals surface area contributed by atoms with Gasteiger partial charge in [0.15, 0.2) is 0 Å². The van der Waals surface area contributed by atoms with Gasteiger partial charge in [0, 0.05) is 64.9 Å². The van der Waals surface area contributed by atoms with Gasteiger partial charge in [-0.05, 0) is 12.8 Å². The van der Waals surface area contributed by atoms with Crippen LogP contribution in [0.15, 0.2) is 12.4 Å². The molecule has 0 spiro atoms. The van der Waals surface area contributed by atoms with Crippen molar-refractivity contribution in [2.75, 3.05) is 39.4 Å². The minimum atomic E-state index is 0.235. The predicted molar refractivity (Wildman–Crippen MR) is 84.9 cm³/mol. The summed E-state index contributed by atoms with van der Waals surface area (Å²) in [6.45, 7) is 5.98. The van der Waals surface area contributed by atoms with Crippen molar-refractivity contribution in [1.82, 2.24) is 24.3 Å². The van der Waals surface area contributed by atoms with Crippen LogP contribution in [-0.2, 0) is 18.3 Å². The summed E-state index contributed by atoms with van der Waals surface area (Å²) in [6.07, 6.45) is 5.78. The van der Waals surface area contributed by atoms with E-state index in [1.165, 1.54) is 0 Å². The Kier molecular flexibility index (Phi) is 3.98. The average Bonchev–Trinajstić information content (AvgIpc) is 3.12. The number of aryl methyl sites for hydroxylation is 1. The monoisotopic (exact) mass is 319 g/mol. The Morgan fingerprint density at radius 3 is 2.74 bits per heavy atom. The zero-order valence-corrected chi connectivity index (χ0v) is 13.7. The van der Waals surface area contributed by atoms with Crippen molar-refractivity contribution in [3.63, 3.8) is 0 Å².